The smallest absolute Gasteiger partial charge is 0.230 e. The number of fused-ring (bicyclic) bond motifs is 2. The van der Waals surface area contributed by atoms with Crippen LogP contribution in [0.5, 0.6) is 0 Å². The third kappa shape index (κ3) is 3.95. The lowest BCUT2D eigenvalue weighted by Crippen LogP contribution is -2.44. The number of hydrogen-bond acceptors (Lipinski definition) is 5. The Kier molecular flexibility index (Phi) is 5.76. The van der Waals surface area contributed by atoms with Crippen molar-refractivity contribution in [1.29, 1.82) is 0 Å². The summed E-state index contributed by atoms with van der Waals surface area (Å²) in [6.45, 7) is 1.24. The van der Waals surface area contributed by atoms with E-state index in [9.17, 15) is 9.59 Å². The van der Waals surface area contributed by atoms with Gasteiger partial charge in [-0.1, -0.05) is 54.1 Å². The number of aromatic nitrogens is 3. The summed E-state index contributed by atoms with van der Waals surface area (Å²) >= 11 is 6.44. The molecule has 4 aromatic rings. The van der Waals surface area contributed by atoms with E-state index in [4.69, 9.17) is 24.4 Å². The number of Topliss-reactive ketones (excluding diaryl/α,β-unsaturated/α-hetero) is 1. The molecule has 1 unspecified atom stereocenters. The van der Waals surface area contributed by atoms with Crippen LogP contribution in [0.15, 0.2) is 60.8 Å². The van der Waals surface area contributed by atoms with Gasteiger partial charge in [0.05, 0.1) is 11.6 Å². The molecule has 3 heterocycles. The number of carbonyl (C=O) groups is 2. The molecule has 1 aliphatic heterocycles. The minimum Gasteiger partial charge on any atom is -0.367 e. The third-order valence-electron chi connectivity index (χ3n) is 7.13. The van der Waals surface area contributed by atoms with Crippen molar-refractivity contribution >= 4 is 48.1 Å². The van der Waals surface area contributed by atoms with Gasteiger partial charge in [0.1, 0.15) is 13.7 Å². The maximum atomic E-state index is 13.3. The van der Waals surface area contributed by atoms with Gasteiger partial charge in [-0.3, -0.25) is 9.59 Å². The van der Waals surface area contributed by atoms with Crippen molar-refractivity contribution < 1.29 is 9.59 Å². The van der Waals surface area contributed by atoms with Crippen molar-refractivity contribution in [3.63, 3.8) is 0 Å². The number of anilines is 1. The van der Waals surface area contributed by atoms with Crippen LogP contribution < -0.4 is 10.8 Å². The van der Waals surface area contributed by atoms with Gasteiger partial charge >= 0.3 is 0 Å². The second-order valence-corrected chi connectivity index (χ2v) is 9.76. The number of hydrogen-bond donors (Lipinski definition) is 1. The van der Waals surface area contributed by atoms with E-state index >= 15 is 0 Å². The Morgan fingerprint density at radius 3 is 2.56 bits per heavy atom. The number of ketones is 1. The van der Waals surface area contributed by atoms with Crippen molar-refractivity contribution in [3.05, 3.63) is 76.9 Å². The quantitative estimate of drug-likeness (QED) is 0.438. The lowest BCUT2D eigenvalue weighted by Gasteiger charge is -2.34. The molecule has 36 heavy (non-hydrogen) atoms. The number of nitrogens with zero attached hydrogens (tertiary/aromatic N) is 4. The number of rotatable bonds is 4. The summed E-state index contributed by atoms with van der Waals surface area (Å²) in [7, 11) is 6.14. The number of nitrogens with one attached hydrogen (secondary N) is 1. The zero-order chi connectivity index (χ0) is 24.8. The summed E-state index contributed by atoms with van der Waals surface area (Å²) in [5.74, 6) is 0.490. The highest BCUT2D eigenvalue weighted by molar-refractivity contribution is 6.36. The highest BCUT2D eigenvalue weighted by Crippen LogP contribution is 2.35. The Labute approximate surface area is 214 Å². The average molecular weight is 496 g/mol. The fraction of sp³-hybridized carbons (Fsp3) is 0.259. The van der Waals surface area contributed by atoms with E-state index in [1.165, 1.54) is 0 Å². The van der Waals surface area contributed by atoms with Crippen molar-refractivity contribution in [3.8, 4) is 11.3 Å². The predicted octanol–water partition coefficient (Wildman–Crippen LogP) is 3.62. The molecule has 6 rings (SSSR count). The number of piperidine rings is 1. The molecule has 2 aliphatic rings. The van der Waals surface area contributed by atoms with E-state index in [0.29, 0.717) is 40.5 Å². The zero-order valence-corrected chi connectivity index (χ0v) is 20.3. The normalized spacial score (nSPS) is 18.0. The molecule has 1 aliphatic carbocycles. The SMILES string of the molecule is [B]c1cnn2c(NC3CCN(C(=O)C4CC(=O)c5ccccc54)CC3)cc(-c3ccccc3Cl)nc12. The summed E-state index contributed by atoms with van der Waals surface area (Å²) in [6.07, 6.45) is 3.40. The Hall–Kier alpha value is -3.65. The summed E-state index contributed by atoms with van der Waals surface area (Å²) in [4.78, 5) is 32.2. The van der Waals surface area contributed by atoms with Crippen molar-refractivity contribution in [2.45, 2.75) is 31.2 Å². The number of likely N-dealkylation sites (tertiary alicyclic amines) is 1. The topological polar surface area (TPSA) is 79.6 Å². The molecule has 0 spiro atoms. The van der Waals surface area contributed by atoms with Crippen LogP contribution in [-0.4, -0.2) is 58.2 Å². The van der Waals surface area contributed by atoms with Gasteiger partial charge in [-0.2, -0.15) is 9.61 Å². The van der Waals surface area contributed by atoms with Crippen LogP contribution >= 0.6 is 11.6 Å². The molecule has 7 nitrogen and oxygen atoms in total. The van der Waals surface area contributed by atoms with E-state index < -0.39 is 0 Å². The predicted molar refractivity (Wildman–Crippen MR) is 140 cm³/mol. The van der Waals surface area contributed by atoms with Crippen molar-refractivity contribution in [1.82, 2.24) is 19.5 Å². The Bertz CT molecular complexity index is 1490. The fourth-order valence-corrected chi connectivity index (χ4v) is 5.48. The number of halogens is 1. The first-order valence-corrected chi connectivity index (χ1v) is 12.4. The monoisotopic (exact) mass is 495 g/mol. The lowest BCUT2D eigenvalue weighted by molar-refractivity contribution is -0.133. The highest BCUT2D eigenvalue weighted by Gasteiger charge is 2.37. The van der Waals surface area contributed by atoms with Crippen LogP contribution in [0, 0.1) is 0 Å². The Morgan fingerprint density at radius 2 is 1.78 bits per heavy atom. The molecule has 9 heteroatoms. The molecular formula is C27H23BClN5O2. The maximum Gasteiger partial charge on any atom is 0.230 e. The van der Waals surface area contributed by atoms with Gasteiger partial charge in [0.15, 0.2) is 11.4 Å². The molecule has 1 atom stereocenters. The molecule has 2 aromatic carbocycles. The van der Waals surface area contributed by atoms with Crippen LogP contribution in [0.25, 0.3) is 16.9 Å². The van der Waals surface area contributed by atoms with Gasteiger partial charge in [-0.05, 0) is 29.9 Å². The van der Waals surface area contributed by atoms with E-state index in [-0.39, 0.29) is 30.1 Å². The largest absolute Gasteiger partial charge is 0.367 e. The third-order valence-corrected chi connectivity index (χ3v) is 7.46. The van der Waals surface area contributed by atoms with Crippen LogP contribution in [0.3, 0.4) is 0 Å². The molecule has 1 fully saturated rings. The standard InChI is InChI=1S/C27H23BClN5O2/c28-21-15-30-34-25(14-23(32-26(21)34)19-7-3-4-8-22(19)29)31-16-9-11-33(12-10-16)27(36)20-13-24(35)18-6-2-1-5-17(18)20/h1-8,14-16,20,31H,9-13H2. The summed E-state index contributed by atoms with van der Waals surface area (Å²) < 4.78 is 1.70. The average Bonchev–Trinajstić information content (AvgIpc) is 3.44. The molecule has 2 aromatic heterocycles. The number of benzene rings is 2. The summed E-state index contributed by atoms with van der Waals surface area (Å²) in [5, 5.41) is 8.60. The first kappa shape index (κ1) is 22.8. The lowest BCUT2D eigenvalue weighted by atomic mass is 9.97. The van der Waals surface area contributed by atoms with Gasteiger partial charge in [0.25, 0.3) is 0 Å². The minimum absolute atomic E-state index is 0.0407. The van der Waals surface area contributed by atoms with Gasteiger partial charge < -0.3 is 10.2 Å². The second kappa shape index (κ2) is 9.10. The number of amides is 1. The maximum absolute atomic E-state index is 13.3. The van der Waals surface area contributed by atoms with Crippen molar-refractivity contribution in [2.75, 3.05) is 18.4 Å². The molecule has 0 bridgehead atoms. The molecule has 0 saturated carbocycles. The fourth-order valence-electron chi connectivity index (χ4n) is 5.24. The van der Waals surface area contributed by atoms with Gasteiger partial charge in [0, 0.05) is 54.0 Å². The van der Waals surface area contributed by atoms with Crippen molar-refractivity contribution in [2.24, 2.45) is 0 Å². The highest BCUT2D eigenvalue weighted by atomic mass is 35.5. The molecule has 2 radical (unpaired) electrons. The first-order valence-electron chi connectivity index (χ1n) is 12.1. The van der Waals surface area contributed by atoms with E-state index in [2.05, 4.69) is 10.4 Å². The van der Waals surface area contributed by atoms with Crippen LogP contribution in [0.2, 0.25) is 5.02 Å². The Morgan fingerprint density at radius 1 is 1.06 bits per heavy atom. The Balaban J connectivity index is 1.19. The van der Waals surface area contributed by atoms with Crippen LogP contribution in [0.1, 0.15) is 41.1 Å². The molecule has 1 N–H and O–H groups in total. The first-order chi connectivity index (χ1) is 17.5. The van der Waals surface area contributed by atoms with Crippen LogP contribution in [-0.2, 0) is 4.79 Å². The number of carbonyl (C=O) groups excluding carboxylic acids is 2. The van der Waals surface area contributed by atoms with E-state index in [0.717, 1.165) is 29.8 Å². The zero-order valence-electron chi connectivity index (χ0n) is 19.5. The molecule has 1 saturated heterocycles. The van der Waals surface area contributed by atoms with E-state index in [1.807, 2.05) is 59.5 Å². The summed E-state index contributed by atoms with van der Waals surface area (Å²) in [5.41, 5.74) is 4.11. The second-order valence-electron chi connectivity index (χ2n) is 9.35. The molecule has 1 amide bonds. The van der Waals surface area contributed by atoms with E-state index in [1.54, 1.807) is 10.7 Å². The van der Waals surface area contributed by atoms with Gasteiger partial charge in [-0.25, -0.2) is 4.98 Å². The van der Waals surface area contributed by atoms with Crippen LogP contribution in [0.4, 0.5) is 5.82 Å². The molecule has 178 valence electrons. The summed E-state index contributed by atoms with van der Waals surface area (Å²) in [6, 6.07) is 17.1. The van der Waals surface area contributed by atoms with Gasteiger partial charge in [0.2, 0.25) is 5.91 Å². The van der Waals surface area contributed by atoms with Gasteiger partial charge in [-0.15, -0.1) is 0 Å². The molecular weight excluding hydrogens is 473 g/mol. The minimum atomic E-state index is -0.372.